The van der Waals surface area contributed by atoms with E-state index in [-0.39, 0.29) is 5.92 Å². The topological polar surface area (TPSA) is 77.7 Å². The van der Waals surface area contributed by atoms with Gasteiger partial charge in [0.25, 0.3) is 0 Å². The van der Waals surface area contributed by atoms with Crippen LogP contribution in [-0.2, 0) is 17.6 Å². The van der Waals surface area contributed by atoms with Crippen LogP contribution in [0.1, 0.15) is 42.1 Å². The molecule has 0 aromatic carbocycles. The van der Waals surface area contributed by atoms with Gasteiger partial charge in [-0.2, -0.15) is 5.10 Å². The summed E-state index contributed by atoms with van der Waals surface area (Å²) in [5, 5.41) is 7.13. The van der Waals surface area contributed by atoms with Gasteiger partial charge in [0.1, 0.15) is 0 Å². The van der Waals surface area contributed by atoms with Crippen LogP contribution in [0.5, 0.6) is 0 Å². The first-order chi connectivity index (χ1) is 10.8. The first kappa shape index (κ1) is 13.5. The van der Waals surface area contributed by atoms with Crippen molar-refractivity contribution >= 4 is 5.91 Å². The van der Waals surface area contributed by atoms with Crippen LogP contribution in [0.4, 0.5) is 0 Å². The lowest BCUT2D eigenvalue weighted by Crippen LogP contribution is -2.42. The van der Waals surface area contributed by atoms with Crippen molar-refractivity contribution in [3.8, 4) is 0 Å². The van der Waals surface area contributed by atoms with Crippen LogP contribution in [0.15, 0.2) is 18.7 Å². The molecule has 0 saturated carbocycles. The first-order valence-electron chi connectivity index (χ1n) is 8.09. The Bertz CT molecular complexity index is 639. The van der Waals surface area contributed by atoms with Gasteiger partial charge in [-0.15, -0.1) is 0 Å². The van der Waals surface area contributed by atoms with E-state index in [9.17, 15) is 4.79 Å². The van der Waals surface area contributed by atoms with E-state index >= 15 is 0 Å². The third-order valence-electron chi connectivity index (χ3n) is 5.14. The number of likely N-dealkylation sites (tertiary alicyclic amines) is 1. The minimum absolute atomic E-state index is 0.122. The van der Waals surface area contributed by atoms with Crippen molar-refractivity contribution in [2.45, 2.75) is 38.0 Å². The fourth-order valence-corrected chi connectivity index (χ4v) is 3.78. The molecule has 2 N–H and O–H groups in total. The van der Waals surface area contributed by atoms with E-state index in [0.29, 0.717) is 11.8 Å². The number of aryl methyl sites for hydroxylation is 1. The zero-order chi connectivity index (χ0) is 14.9. The van der Waals surface area contributed by atoms with E-state index in [0.717, 1.165) is 50.9 Å². The van der Waals surface area contributed by atoms with E-state index < -0.39 is 0 Å². The standard InChI is InChI=1S/C16H21N5O/c22-16(12-1-2-13-8-19-20-14(13)7-12)21-5-3-11(4-6-21)15-9-17-10-18-15/h8-12H,1-7H2,(H,17,18)(H,19,20). The zero-order valence-corrected chi connectivity index (χ0v) is 12.6. The Morgan fingerprint density at radius 3 is 2.86 bits per heavy atom. The lowest BCUT2D eigenvalue weighted by molar-refractivity contribution is -0.137. The Hall–Kier alpha value is -2.11. The van der Waals surface area contributed by atoms with Gasteiger partial charge in [-0.3, -0.25) is 9.89 Å². The molecule has 1 atom stereocenters. The van der Waals surface area contributed by atoms with Crippen LogP contribution in [-0.4, -0.2) is 44.1 Å². The molecular weight excluding hydrogens is 278 g/mol. The van der Waals surface area contributed by atoms with Gasteiger partial charge in [-0.25, -0.2) is 4.98 Å². The maximum atomic E-state index is 12.7. The van der Waals surface area contributed by atoms with Crippen LogP contribution in [0, 0.1) is 5.92 Å². The molecule has 1 aliphatic carbocycles. The second-order valence-corrected chi connectivity index (χ2v) is 6.42. The van der Waals surface area contributed by atoms with Gasteiger partial charge in [0.2, 0.25) is 5.91 Å². The molecule has 22 heavy (non-hydrogen) atoms. The van der Waals surface area contributed by atoms with E-state index in [1.165, 1.54) is 11.3 Å². The summed E-state index contributed by atoms with van der Waals surface area (Å²) in [5.74, 6) is 0.956. The number of H-pyrrole nitrogens is 2. The lowest BCUT2D eigenvalue weighted by Gasteiger charge is -2.34. The summed E-state index contributed by atoms with van der Waals surface area (Å²) < 4.78 is 0. The summed E-state index contributed by atoms with van der Waals surface area (Å²) in [6.45, 7) is 1.71. The normalized spacial score (nSPS) is 22.5. The lowest BCUT2D eigenvalue weighted by atomic mass is 9.86. The summed E-state index contributed by atoms with van der Waals surface area (Å²) in [6, 6.07) is 0. The fourth-order valence-electron chi connectivity index (χ4n) is 3.78. The number of aromatic amines is 2. The molecule has 1 saturated heterocycles. The molecule has 0 spiro atoms. The van der Waals surface area contributed by atoms with Gasteiger partial charge in [-0.1, -0.05) is 0 Å². The van der Waals surface area contributed by atoms with Crippen molar-refractivity contribution in [3.05, 3.63) is 35.7 Å². The van der Waals surface area contributed by atoms with Crippen LogP contribution in [0.25, 0.3) is 0 Å². The highest BCUT2D eigenvalue weighted by atomic mass is 16.2. The Labute approximate surface area is 129 Å². The predicted molar refractivity (Wildman–Crippen MR) is 81.2 cm³/mol. The third kappa shape index (κ3) is 2.42. The number of aromatic nitrogens is 4. The number of fused-ring (bicyclic) bond motifs is 1. The predicted octanol–water partition coefficient (Wildman–Crippen LogP) is 1.64. The second kappa shape index (κ2) is 5.59. The molecule has 2 aromatic rings. The van der Waals surface area contributed by atoms with Gasteiger partial charge in [0, 0.05) is 48.9 Å². The Morgan fingerprint density at radius 2 is 2.09 bits per heavy atom. The summed E-state index contributed by atoms with van der Waals surface area (Å²) in [7, 11) is 0. The average Bonchev–Trinajstić information content (AvgIpc) is 3.25. The number of imidazole rings is 1. The number of hydrogen-bond donors (Lipinski definition) is 2. The minimum Gasteiger partial charge on any atom is -0.348 e. The first-order valence-corrected chi connectivity index (χ1v) is 8.09. The molecular formula is C16H21N5O. The molecule has 0 bridgehead atoms. The van der Waals surface area contributed by atoms with Crippen LogP contribution in [0.3, 0.4) is 0 Å². The highest BCUT2D eigenvalue weighted by Gasteiger charge is 2.31. The quantitative estimate of drug-likeness (QED) is 0.885. The van der Waals surface area contributed by atoms with E-state index in [4.69, 9.17) is 0 Å². The van der Waals surface area contributed by atoms with Crippen molar-refractivity contribution in [3.63, 3.8) is 0 Å². The molecule has 1 aliphatic heterocycles. The number of piperidine rings is 1. The van der Waals surface area contributed by atoms with E-state index in [1.54, 1.807) is 6.33 Å². The van der Waals surface area contributed by atoms with Crippen molar-refractivity contribution < 1.29 is 4.79 Å². The van der Waals surface area contributed by atoms with Crippen molar-refractivity contribution in [1.29, 1.82) is 0 Å². The SMILES string of the molecule is O=C(C1CCc2cn[nH]c2C1)N1CCC(c2cnc[nH]2)CC1. The molecule has 1 amide bonds. The molecule has 1 fully saturated rings. The maximum Gasteiger partial charge on any atom is 0.226 e. The highest BCUT2D eigenvalue weighted by molar-refractivity contribution is 5.79. The Morgan fingerprint density at radius 1 is 1.23 bits per heavy atom. The summed E-state index contributed by atoms with van der Waals surface area (Å²) >= 11 is 0. The number of amides is 1. The smallest absolute Gasteiger partial charge is 0.226 e. The Balaban J connectivity index is 1.37. The van der Waals surface area contributed by atoms with Gasteiger partial charge < -0.3 is 9.88 Å². The number of nitrogens with zero attached hydrogens (tertiary/aromatic N) is 3. The molecule has 6 nitrogen and oxygen atoms in total. The van der Waals surface area contributed by atoms with Crippen molar-refractivity contribution in [2.75, 3.05) is 13.1 Å². The number of rotatable bonds is 2. The van der Waals surface area contributed by atoms with Gasteiger partial charge in [0.05, 0.1) is 12.5 Å². The molecule has 1 unspecified atom stereocenters. The monoisotopic (exact) mass is 299 g/mol. The number of carbonyl (C=O) groups excluding carboxylic acids is 1. The van der Waals surface area contributed by atoms with Crippen molar-refractivity contribution in [1.82, 2.24) is 25.1 Å². The van der Waals surface area contributed by atoms with E-state index in [1.807, 2.05) is 12.4 Å². The summed E-state index contributed by atoms with van der Waals surface area (Å²) in [6.07, 6.45) is 10.3. The second-order valence-electron chi connectivity index (χ2n) is 6.42. The van der Waals surface area contributed by atoms with Gasteiger partial charge in [0.15, 0.2) is 0 Å². The van der Waals surface area contributed by atoms with Crippen LogP contribution < -0.4 is 0 Å². The average molecular weight is 299 g/mol. The van der Waals surface area contributed by atoms with Gasteiger partial charge in [-0.05, 0) is 31.2 Å². The van der Waals surface area contributed by atoms with Crippen LogP contribution >= 0.6 is 0 Å². The summed E-state index contributed by atoms with van der Waals surface area (Å²) in [5.41, 5.74) is 3.63. The summed E-state index contributed by atoms with van der Waals surface area (Å²) in [4.78, 5) is 22.1. The minimum atomic E-state index is 0.122. The largest absolute Gasteiger partial charge is 0.348 e. The third-order valence-corrected chi connectivity index (χ3v) is 5.14. The molecule has 6 heteroatoms. The molecule has 116 valence electrons. The number of carbonyl (C=O) groups is 1. The van der Waals surface area contributed by atoms with Crippen LogP contribution in [0.2, 0.25) is 0 Å². The zero-order valence-electron chi connectivity index (χ0n) is 12.6. The molecule has 4 rings (SSSR count). The van der Waals surface area contributed by atoms with Gasteiger partial charge >= 0.3 is 0 Å². The molecule has 0 radical (unpaired) electrons. The maximum absolute atomic E-state index is 12.7. The molecule has 3 heterocycles. The molecule has 2 aromatic heterocycles. The van der Waals surface area contributed by atoms with E-state index in [2.05, 4.69) is 25.1 Å². The number of nitrogens with one attached hydrogen (secondary N) is 2. The Kier molecular flexibility index (Phi) is 3.44. The molecule has 2 aliphatic rings. The fraction of sp³-hybridized carbons (Fsp3) is 0.562. The number of hydrogen-bond acceptors (Lipinski definition) is 3. The highest BCUT2D eigenvalue weighted by Crippen LogP contribution is 2.30. The van der Waals surface area contributed by atoms with Crippen molar-refractivity contribution in [2.24, 2.45) is 5.92 Å².